The molecule has 0 aliphatic rings. The lowest BCUT2D eigenvalue weighted by molar-refractivity contribution is -0.131. The van der Waals surface area contributed by atoms with E-state index in [0.717, 1.165) is 5.39 Å². The number of ketones is 1. The van der Waals surface area contributed by atoms with Crippen LogP contribution >= 0.6 is 0 Å². The van der Waals surface area contributed by atoms with Crippen molar-refractivity contribution in [3.63, 3.8) is 0 Å². The zero-order chi connectivity index (χ0) is 12.4. The normalized spacial score (nSPS) is 10.2. The summed E-state index contributed by atoms with van der Waals surface area (Å²) in [6.07, 6.45) is 1.58. The molecule has 0 unspecified atom stereocenters. The number of carboxylic acids is 1. The lowest BCUT2D eigenvalue weighted by Gasteiger charge is -2.04. The van der Waals surface area contributed by atoms with Crippen LogP contribution < -0.4 is 4.74 Å². The molecule has 1 N–H and O–H groups in total. The van der Waals surface area contributed by atoms with Crippen LogP contribution in [0.3, 0.4) is 0 Å². The Labute approximate surface area is 96.7 Å². The van der Waals surface area contributed by atoms with Crippen molar-refractivity contribution < 1.29 is 19.4 Å². The molecule has 0 atom stereocenters. The first-order chi connectivity index (χ1) is 8.13. The number of aromatic nitrogens is 1. The van der Waals surface area contributed by atoms with Crippen LogP contribution in [-0.2, 0) is 4.79 Å². The number of Topliss-reactive ketones (excluding diaryl/α,β-unsaturated/α-hetero) is 1. The number of carbonyl (C=O) groups is 2. The van der Waals surface area contributed by atoms with E-state index in [-0.39, 0.29) is 5.56 Å². The van der Waals surface area contributed by atoms with Gasteiger partial charge in [-0.2, -0.15) is 0 Å². The average molecular weight is 231 g/mol. The molecule has 17 heavy (non-hydrogen) atoms. The number of benzene rings is 1. The zero-order valence-corrected chi connectivity index (χ0v) is 9.01. The summed E-state index contributed by atoms with van der Waals surface area (Å²) in [5.41, 5.74) is 0.108. The minimum absolute atomic E-state index is 0.108. The number of aliphatic carboxylic acids is 1. The van der Waals surface area contributed by atoms with Gasteiger partial charge in [0.05, 0.1) is 7.11 Å². The fourth-order valence-corrected chi connectivity index (χ4v) is 1.57. The number of ether oxygens (including phenoxy) is 1. The molecule has 1 aromatic carbocycles. The topological polar surface area (TPSA) is 76.5 Å². The zero-order valence-electron chi connectivity index (χ0n) is 9.01. The van der Waals surface area contributed by atoms with Crippen LogP contribution in [0.25, 0.3) is 10.8 Å². The molecule has 1 aromatic heterocycles. The molecule has 2 aromatic rings. The molecule has 1 heterocycles. The Kier molecular flexibility index (Phi) is 2.74. The predicted octanol–water partition coefficient (Wildman–Crippen LogP) is 1.51. The number of fused-ring (bicyclic) bond motifs is 1. The molecule has 0 spiro atoms. The van der Waals surface area contributed by atoms with E-state index in [1.54, 1.807) is 18.3 Å². The maximum absolute atomic E-state index is 11.3. The third kappa shape index (κ3) is 1.94. The molecular weight excluding hydrogens is 222 g/mol. The summed E-state index contributed by atoms with van der Waals surface area (Å²) in [5, 5.41) is 10.1. The SMILES string of the molecule is COc1nccc2ccc(C(=O)C(=O)O)cc12. The second-order valence-electron chi connectivity index (χ2n) is 3.39. The van der Waals surface area contributed by atoms with Crippen molar-refractivity contribution in [3.05, 3.63) is 36.0 Å². The minimum Gasteiger partial charge on any atom is -0.481 e. The highest BCUT2D eigenvalue weighted by molar-refractivity contribution is 6.40. The summed E-state index contributed by atoms with van der Waals surface area (Å²) in [6, 6.07) is 6.36. The largest absolute Gasteiger partial charge is 0.481 e. The lowest BCUT2D eigenvalue weighted by Crippen LogP contribution is -2.12. The quantitative estimate of drug-likeness (QED) is 0.640. The fraction of sp³-hybridized carbons (Fsp3) is 0.0833. The van der Waals surface area contributed by atoms with Gasteiger partial charge in [-0.15, -0.1) is 0 Å². The molecule has 0 saturated carbocycles. The maximum atomic E-state index is 11.3. The van der Waals surface area contributed by atoms with Crippen LogP contribution in [0.2, 0.25) is 0 Å². The first kappa shape index (κ1) is 11.1. The van der Waals surface area contributed by atoms with Crippen LogP contribution in [0.4, 0.5) is 0 Å². The first-order valence-corrected chi connectivity index (χ1v) is 4.84. The summed E-state index contributed by atoms with van der Waals surface area (Å²) in [6.45, 7) is 0. The Morgan fingerprint density at radius 2 is 2.06 bits per heavy atom. The standard InChI is InChI=1S/C12H9NO4/c1-17-11-9-6-8(10(14)12(15)16)3-2-7(9)4-5-13-11/h2-6H,1H3,(H,15,16). The molecule has 0 bridgehead atoms. The molecular formula is C12H9NO4. The highest BCUT2D eigenvalue weighted by Gasteiger charge is 2.15. The van der Waals surface area contributed by atoms with Gasteiger partial charge in [0.1, 0.15) is 0 Å². The summed E-state index contributed by atoms with van der Waals surface area (Å²) >= 11 is 0. The van der Waals surface area contributed by atoms with Gasteiger partial charge < -0.3 is 9.84 Å². The fourth-order valence-electron chi connectivity index (χ4n) is 1.57. The third-order valence-electron chi connectivity index (χ3n) is 2.38. The van der Waals surface area contributed by atoms with Gasteiger partial charge in [-0.1, -0.05) is 12.1 Å². The Bertz CT molecular complexity index is 606. The van der Waals surface area contributed by atoms with Crippen molar-refractivity contribution in [1.82, 2.24) is 4.98 Å². The minimum atomic E-state index is -1.48. The molecule has 0 radical (unpaired) electrons. The van der Waals surface area contributed by atoms with Gasteiger partial charge in [-0.3, -0.25) is 4.79 Å². The monoisotopic (exact) mass is 231 g/mol. The second kappa shape index (κ2) is 4.21. The highest BCUT2D eigenvalue weighted by Crippen LogP contribution is 2.24. The van der Waals surface area contributed by atoms with E-state index in [1.807, 2.05) is 0 Å². The Morgan fingerprint density at radius 1 is 1.29 bits per heavy atom. The molecule has 0 aliphatic carbocycles. The number of pyridine rings is 1. The number of hydrogen-bond acceptors (Lipinski definition) is 4. The summed E-state index contributed by atoms with van der Waals surface area (Å²) in [5.74, 6) is -2.06. The van der Waals surface area contributed by atoms with Crippen molar-refractivity contribution in [2.45, 2.75) is 0 Å². The number of nitrogens with zero attached hydrogens (tertiary/aromatic N) is 1. The van der Waals surface area contributed by atoms with Gasteiger partial charge in [-0.05, 0) is 17.5 Å². The van der Waals surface area contributed by atoms with Gasteiger partial charge in [0.2, 0.25) is 5.88 Å². The Morgan fingerprint density at radius 3 is 2.71 bits per heavy atom. The third-order valence-corrected chi connectivity index (χ3v) is 2.38. The van der Waals surface area contributed by atoms with Crippen LogP contribution in [-0.4, -0.2) is 29.0 Å². The molecule has 0 amide bonds. The smallest absolute Gasteiger partial charge is 0.377 e. The van der Waals surface area contributed by atoms with Gasteiger partial charge in [0.15, 0.2) is 0 Å². The number of carboxylic acid groups (broad SMARTS) is 1. The molecule has 2 rings (SSSR count). The van der Waals surface area contributed by atoms with Crippen LogP contribution in [0.1, 0.15) is 10.4 Å². The summed E-state index contributed by atoms with van der Waals surface area (Å²) < 4.78 is 5.05. The van der Waals surface area contributed by atoms with Crippen LogP contribution in [0, 0.1) is 0 Å². The molecule has 0 aliphatic heterocycles. The lowest BCUT2D eigenvalue weighted by atomic mass is 10.1. The van der Waals surface area contributed by atoms with E-state index in [0.29, 0.717) is 11.3 Å². The molecule has 0 saturated heterocycles. The number of rotatable bonds is 3. The van der Waals surface area contributed by atoms with Gasteiger partial charge in [0, 0.05) is 17.1 Å². The van der Waals surface area contributed by atoms with Crippen LogP contribution in [0.5, 0.6) is 5.88 Å². The van der Waals surface area contributed by atoms with E-state index in [2.05, 4.69) is 4.98 Å². The van der Waals surface area contributed by atoms with Crippen molar-refractivity contribution in [2.24, 2.45) is 0 Å². The second-order valence-corrected chi connectivity index (χ2v) is 3.39. The van der Waals surface area contributed by atoms with Crippen molar-refractivity contribution in [3.8, 4) is 5.88 Å². The predicted molar refractivity (Wildman–Crippen MR) is 60.3 cm³/mol. The summed E-state index contributed by atoms with van der Waals surface area (Å²) in [4.78, 5) is 25.9. The molecule has 86 valence electrons. The average Bonchev–Trinajstić information content (AvgIpc) is 2.36. The molecule has 5 nitrogen and oxygen atoms in total. The molecule has 5 heteroatoms. The first-order valence-electron chi connectivity index (χ1n) is 4.84. The number of carbonyl (C=O) groups excluding carboxylic acids is 1. The van der Waals surface area contributed by atoms with Crippen LogP contribution in [0.15, 0.2) is 30.5 Å². The van der Waals surface area contributed by atoms with E-state index in [9.17, 15) is 9.59 Å². The number of hydrogen-bond donors (Lipinski definition) is 1. The van der Waals surface area contributed by atoms with Gasteiger partial charge in [0.25, 0.3) is 5.78 Å². The Hall–Kier alpha value is -2.43. The van der Waals surface area contributed by atoms with Gasteiger partial charge in [-0.25, -0.2) is 9.78 Å². The van der Waals surface area contributed by atoms with Gasteiger partial charge >= 0.3 is 5.97 Å². The van der Waals surface area contributed by atoms with Crippen molar-refractivity contribution in [2.75, 3.05) is 7.11 Å². The van der Waals surface area contributed by atoms with Crippen molar-refractivity contribution >= 4 is 22.5 Å². The van der Waals surface area contributed by atoms with E-state index >= 15 is 0 Å². The van der Waals surface area contributed by atoms with Crippen molar-refractivity contribution in [1.29, 1.82) is 0 Å². The maximum Gasteiger partial charge on any atom is 0.377 e. The van der Waals surface area contributed by atoms with E-state index in [4.69, 9.17) is 9.84 Å². The number of methoxy groups -OCH3 is 1. The van der Waals surface area contributed by atoms with E-state index < -0.39 is 11.8 Å². The molecule has 0 fully saturated rings. The van der Waals surface area contributed by atoms with E-state index in [1.165, 1.54) is 19.2 Å². The highest BCUT2D eigenvalue weighted by atomic mass is 16.5. The summed E-state index contributed by atoms with van der Waals surface area (Å²) in [7, 11) is 1.47. The Balaban J connectivity index is 2.63.